The largest absolute Gasteiger partial charge is 0.461 e. The molecule has 0 atom stereocenters. The molecule has 0 aliphatic carbocycles. The number of aromatic nitrogens is 3. The van der Waals surface area contributed by atoms with Crippen molar-refractivity contribution < 1.29 is 13.9 Å². The lowest BCUT2D eigenvalue weighted by atomic mass is 10.0. The molecular weight excluding hydrogens is 350 g/mol. The smallest absolute Gasteiger partial charge is 0.200 e. The van der Waals surface area contributed by atoms with Gasteiger partial charge in [0.2, 0.25) is 5.82 Å². The van der Waals surface area contributed by atoms with Gasteiger partial charge in [-0.3, -0.25) is 9.36 Å². The van der Waals surface area contributed by atoms with Gasteiger partial charge in [-0.15, -0.1) is 10.2 Å². The van der Waals surface area contributed by atoms with Crippen molar-refractivity contribution in [3.05, 3.63) is 53.3 Å². The van der Waals surface area contributed by atoms with E-state index < -0.39 is 0 Å². The molecule has 0 aliphatic heterocycles. The summed E-state index contributed by atoms with van der Waals surface area (Å²) in [6.07, 6.45) is 1.60. The highest BCUT2D eigenvalue weighted by Crippen LogP contribution is 2.25. The Balaban J connectivity index is 1.78. The maximum absolute atomic E-state index is 12.6. The number of ether oxygens (including phenoxy) is 1. The van der Waals surface area contributed by atoms with Gasteiger partial charge in [-0.2, -0.15) is 0 Å². The molecule has 0 spiro atoms. The predicted molar refractivity (Wildman–Crippen MR) is 101 cm³/mol. The number of nitrogens with zero attached hydrogens (tertiary/aromatic N) is 3. The Morgan fingerprint density at radius 3 is 2.81 bits per heavy atom. The standard InChI is InChI=1S/C19H21N3O3S/c1-13-6-7-15(14(2)11-13)16(23)12-26-19-21-20-18(17-5-4-9-25-17)22(19)8-10-24-3/h4-7,9,11H,8,10,12H2,1-3H3. The summed E-state index contributed by atoms with van der Waals surface area (Å²) in [6, 6.07) is 9.51. The Labute approximate surface area is 156 Å². The van der Waals surface area contributed by atoms with E-state index in [4.69, 9.17) is 9.15 Å². The first kappa shape index (κ1) is 18.4. The Morgan fingerprint density at radius 2 is 2.12 bits per heavy atom. The number of ketones is 1. The Morgan fingerprint density at radius 1 is 1.27 bits per heavy atom. The van der Waals surface area contributed by atoms with E-state index in [-0.39, 0.29) is 5.78 Å². The maximum Gasteiger partial charge on any atom is 0.200 e. The minimum absolute atomic E-state index is 0.0772. The molecule has 0 fully saturated rings. The first-order chi connectivity index (χ1) is 12.6. The van der Waals surface area contributed by atoms with Gasteiger partial charge in [-0.25, -0.2) is 0 Å². The second-order valence-electron chi connectivity index (χ2n) is 5.96. The van der Waals surface area contributed by atoms with E-state index in [1.807, 2.05) is 42.7 Å². The number of hydrogen-bond donors (Lipinski definition) is 0. The van der Waals surface area contributed by atoms with Gasteiger partial charge in [0.25, 0.3) is 0 Å². The minimum atomic E-state index is 0.0772. The molecule has 26 heavy (non-hydrogen) atoms. The fourth-order valence-corrected chi connectivity index (χ4v) is 3.55. The van der Waals surface area contributed by atoms with Crippen LogP contribution in [0.3, 0.4) is 0 Å². The number of carbonyl (C=O) groups excluding carboxylic acids is 1. The number of aryl methyl sites for hydroxylation is 2. The van der Waals surface area contributed by atoms with Gasteiger partial charge in [0.05, 0.1) is 25.2 Å². The Kier molecular flexibility index (Phi) is 5.90. The second kappa shape index (κ2) is 8.33. The number of methoxy groups -OCH3 is 1. The van der Waals surface area contributed by atoms with Crippen LogP contribution in [-0.2, 0) is 11.3 Å². The van der Waals surface area contributed by atoms with Crippen molar-refractivity contribution in [2.45, 2.75) is 25.5 Å². The molecule has 3 aromatic rings. The third-order valence-corrected chi connectivity index (χ3v) is 4.96. The zero-order valence-electron chi connectivity index (χ0n) is 15.1. The van der Waals surface area contributed by atoms with Gasteiger partial charge in [-0.1, -0.05) is 35.5 Å². The summed E-state index contributed by atoms with van der Waals surface area (Å²) >= 11 is 1.37. The van der Waals surface area contributed by atoms with Crippen LogP contribution in [0, 0.1) is 13.8 Å². The van der Waals surface area contributed by atoms with Crippen LogP contribution in [0.15, 0.2) is 46.2 Å². The van der Waals surface area contributed by atoms with Crippen LogP contribution in [0.4, 0.5) is 0 Å². The van der Waals surface area contributed by atoms with Crippen molar-refractivity contribution in [3.63, 3.8) is 0 Å². The fourth-order valence-electron chi connectivity index (χ4n) is 2.70. The van der Waals surface area contributed by atoms with Crippen LogP contribution < -0.4 is 0 Å². The van der Waals surface area contributed by atoms with Crippen molar-refractivity contribution in [2.75, 3.05) is 19.5 Å². The van der Waals surface area contributed by atoms with Crippen LogP contribution in [-0.4, -0.2) is 40.0 Å². The van der Waals surface area contributed by atoms with Crippen molar-refractivity contribution in [1.82, 2.24) is 14.8 Å². The molecule has 1 aromatic carbocycles. The Hall–Kier alpha value is -2.38. The zero-order valence-corrected chi connectivity index (χ0v) is 15.9. The minimum Gasteiger partial charge on any atom is -0.461 e. The number of rotatable bonds is 8. The molecule has 0 unspecified atom stereocenters. The SMILES string of the molecule is COCCn1c(SCC(=O)c2ccc(C)cc2C)nnc1-c1ccco1. The van der Waals surface area contributed by atoms with Crippen LogP contribution in [0.2, 0.25) is 0 Å². The van der Waals surface area contributed by atoms with Crippen molar-refractivity contribution in [1.29, 1.82) is 0 Å². The summed E-state index contributed by atoms with van der Waals surface area (Å²) < 4.78 is 12.5. The quantitative estimate of drug-likeness (QED) is 0.443. The van der Waals surface area contributed by atoms with Crippen molar-refractivity contribution >= 4 is 17.5 Å². The monoisotopic (exact) mass is 371 g/mol. The molecule has 2 aromatic heterocycles. The van der Waals surface area contributed by atoms with E-state index in [2.05, 4.69) is 10.2 Å². The normalized spacial score (nSPS) is 11.0. The van der Waals surface area contributed by atoms with E-state index >= 15 is 0 Å². The van der Waals surface area contributed by atoms with E-state index in [0.717, 1.165) is 16.7 Å². The molecule has 0 aliphatic rings. The number of furan rings is 1. The van der Waals surface area contributed by atoms with Gasteiger partial charge >= 0.3 is 0 Å². The van der Waals surface area contributed by atoms with Gasteiger partial charge in [0.1, 0.15) is 0 Å². The molecule has 3 rings (SSSR count). The summed E-state index contributed by atoms with van der Waals surface area (Å²) in [5, 5.41) is 9.13. The fraction of sp³-hybridized carbons (Fsp3) is 0.316. The molecule has 0 saturated carbocycles. The number of thioether (sulfide) groups is 1. The molecule has 0 amide bonds. The summed E-state index contributed by atoms with van der Waals surface area (Å²) in [5.74, 6) is 1.65. The summed E-state index contributed by atoms with van der Waals surface area (Å²) in [4.78, 5) is 12.6. The second-order valence-corrected chi connectivity index (χ2v) is 6.90. The highest BCUT2D eigenvalue weighted by molar-refractivity contribution is 7.99. The van der Waals surface area contributed by atoms with Gasteiger partial charge in [-0.05, 0) is 31.5 Å². The summed E-state index contributed by atoms with van der Waals surface area (Å²) in [6.45, 7) is 5.08. The van der Waals surface area contributed by atoms with Crippen molar-refractivity contribution in [3.8, 4) is 11.6 Å². The van der Waals surface area contributed by atoms with E-state index in [1.54, 1.807) is 19.4 Å². The van der Waals surface area contributed by atoms with Crippen LogP contribution in [0.5, 0.6) is 0 Å². The molecular formula is C19H21N3O3S. The lowest BCUT2D eigenvalue weighted by molar-refractivity contribution is 0.102. The molecule has 0 saturated heterocycles. The van der Waals surface area contributed by atoms with Gasteiger partial charge in [0, 0.05) is 12.7 Å². The number of hydrogen-bond acceptors (Lipinski definition) is 6. The number of Topliss-reactive ketones (excluding diaryl/α,β-unsaturated/α-hetero) is 1. The van der Waals surface area contributed by atoms with Crippen LogP contribution >= 0.6 is 11.8 Å². The molecule has 6 nitrogen and oxygen atoms in total. The topological polar surface area (TPSA) is 70.2 Å². The third kappa shape index (κ3) is 4.05. The summed E-state index contributed by atoms with van der Waals surface area (Å²) in [5.41, 5.74) is 2.89. The molecule has 136 valence electrons. The van der Waals surface area contributed by atoms with E-state index in [1.165, 1.54) is 11.8 Å². The molecule has 0 N–H and O–H groups in total. The number of carbonyl (C=O) groups is 1. The van der Waals surface area contributed by atoms with Gasteiger partial charge in [0.15, 0.2) is 16.7 Å². The lowest BCUT2D eigenvalue weighted by Crippen LogP contribution is -2.09. The van der Waals surface area contributed by atoms with Crippen molar-refractivity contribution in [2.24, 2.45) is 0 Å². The van der Waals surface area contributed by atoms with E-state index in [9.17, 15) is 4.79 Å². The zero-order chi connectivity index (χ0) is 18.5. The van der Waals surface area contributed by atoms with Crippen LogP contribution in [0.1, 0.15) is 21.5 Å². The predicted octanol–water partition coefficient (Wildman–Crippen LogP) is 3.78. The average Bonchev–Trinajstić information content (AvgIpc) is 3.27. The maximum atomic E-state index is 12.6. The highest BCUT2D eigenvalue weighted by atomic mass is 32.2. The molecule has 0 radical (unpaired) electrons. The summed E-state index contributed by atoms with van der Waals surface area (Å²) in [7, 11) is 1.65. The number of benzene rings is 1. The molecule has 2 heterocycles. The highest BCUT2D eigenvalue weighted by Gasteiger charge is 2.18. The first-order valence-electron chi connectivity index (χ1n) is 8.29. The first-order valence-corrected chi connectivity index (χ1v) is 9.28. The Bertz CT molecular complexity index is 888. The molecule has 7 heteroatoms. The van der Waals surface area contributed by atoms with Gasteiger partial charge < -0.3 is 9.15 Å². The van der Waals surface area contributed by atoms with E-state index in [0.29, 0.717) is 35.6 Å². The lowest BCUT2D eigenvalue weighted by Gasteiger charge is -2.09. The third-order valence-electron chi connectivity index (χ3n) is 3.99. The molecule has 0 bridgehead atoms. The average molecular weight is 371 g/mol. The van der Waals surface area contributed by atoms with Crippen LogP contribution in [0.25, 0.3) is 11.6 Å².